The molecule has 1 heterocycles. The first-order chi connectivity index (χ1) is 6.03. The molecule has 0 amide bonds. The molecule has 1 rings (SSSR count). The fourth-order valence-corrected chi connectivity index (χ4v) is 2.34. The molecule has 0 aromatic carbocycles. The third kappa shape index (κ3) is 3.31. The van der Waals surface area contributed by atoms with Crippen LogP contribution >= 0.6 is 22.9 Å². The van der Waals surface area contributed by atoms with E-state index in [0.29, 0.717) is 0 Å². The number of halogens is 1. The first-order valence-electron chi connectivity index (χ1n) is 3.87. The maximum absolute atomic E-state index is 10.1. The Kier molecular flexibility index (Phi) is 3.26. The molecule has 2 nitrogen and oxygen atoms in total. The van der Waals surface area contributed by atoms with Crippen LogP contribution in [0, 0.1) is 0 Å². The van der Waals surface area contributed by atoms with E-state index in [2.05, 4.69) is 4.99 Å². The van der Waals surface area contributed by atoms with Gasteiger partial charge in [-0.05, 0) is 26.0 Å². The third-order valence-corrected chi connectivity index (χ3v) is 2.82. The lowest BCUT2D eigenvalue weighted by Crippen LogP contribution is -2.18. The van der Waals surface area contributed by atoms with Crippen LogP contribution in [0.25, 0.3) is 0 Å². The van der Waals surface area contributed by atoms with Crippen LogP contribution in [-0.4, -0.2) is 11.6 Å². The molecular formula is C9H10ClNOS. The quantitative estimate of drug-likeness (QED) is 0.563. The predicted octanol–water partition coefficient (Wildman–Crippen LogP) is 3.06. The van der Waals surface area contributed by atoms with Crippen LogP contribution in [-0.2, 0) is 11.2 Å². The Hall–Kier alpha value is -0.630. The normalized spacial score (nSPS) is 11.0. The second-order valence-corrected chi connectivity index (χ2v) is 5.20. The number of thiophene rings is 1. The number of nitrogens with zero attached hydrogens (tertiary/aromatic N) is 1. The molecule has 0 spiro atoms. The molecule has 0 aliphatic carbocycles. The highest BCUT2D eigenvalue weighted by molar-refractivity contribution is 7.16. The molecule has 0 N–H and O–H groups in total. The SMILES string of the molecule is CC(C)(Cc1ccc(Cl)s1)N=C=O. The van der Waals surface area contributed by atoms with Gasteiger partial charge in [0.1, 0.15) is 0 Å². The number of carbonyl (C=O) groups excluding carboxylic acids is 1. The Labute approximate surface area is 86.3 Å². The van der Waals surface area contributed by atoms with E-state index < -0.39 is 0 Å². The van der Waals surface area contributed by atoms with Crippen LogP contribution in [0.5, 0.6) is 0 Å². The van der Waals surface area contributed by atoms with Crippen LogP contribution < -0.4 is 0 Å². The number of hydrogen-bond donors (Lipinski definition) is 0. The number of isocyanates is 1. The summed E-state index contributed by atoms with van der Waals surface area (Å²) in [5, 5.41) is 0. The van der Waals surface area contributed by atoms with Gasteiger partial charge in [-0.2, -0.15) is 4.99 Å². The lowest BCUT2D eigenvalue weighted by molar-refractivity contribution is 0.504. The van der Waals surface area contributed by atoms with Crippen molar-refractivity contribution in [2.24, 2.45) is 4.99 Å². The van der Waals surface area contributed by atoms with Gasteiger partial charge in [0.25, 0.3) is 0 Å². The smallest absolute Gasteiger partial charge is 0.211 e. The van der Waals surface area contributed by atoms with Crippen LogP contribution in [0.15, 0.2) is 17.1 Å². The molecule has 0 aliphatic rings. The van der Waals surface area contributed by atoms with Gasteiger partial charge in [0.05, 0.1) is 9.88 Å². The molecule has 0 saturated carbocycles. The molecular weight excluding hydrogens is 206 g/mol. The zero-order valence-electron chi connectivity index (χ0n) is 7.50. The van der Waals surface area contributed by atoms with Crippen molar-refractivity contribution in [3.63, 3.8) is 0 Å². The van der Waals surface area contributed by atoms with Gasteiger partial charge in [-0.1, -0.05) is 11.6 Å². The van der Waals surface area contributed by atoms with Crippen molar-refractivity contribution in [3.05, 3.63) is 21.3 Å². The van der Waals surface area contributed by atoms with Crippen molar-refractivity contribution in [2.45, 2.75) is 25.8 Å². The van der Waals surface area contributed by atoms with Gasteiger partial charge in [-0.3, -0.25) is 0 Å². The highest BCUT2D eigenvalue weighted by Crippen LogP contribution is 2.26. The summed E-state index contributed by atoms with van der Waals surface area (Å²) >= 11 is 7.29. The van der Waals surface area contributed by atoms with Gasteiger partial charge < -0.3 is 0 Å². The highest BCUT2D eigenvalue weighted by atomic mass is 35.5. The maximum Gasteiger partial charge on any atom is 0.235 e. The molecule has 1 aromatic heterocycles. The monoisotopic (exact) mass is 215 g/mol. The molecule has 0 saturated heterocycles. The van der Waals surface area contributed by atoms with E-state index in [-0.39, 0.29) is 5.54 Å². The van der Waals surface area contributed by atoms with Crippen molar-refractivity contribution in [1.29, 1.82) is 0 Å². The first-order valence-corrected chi connectivity index (χ1v) is 5.06. The predicted molar refractivity (Wildman–Crippen MR) is 55.2 cm³/mol. The average molecular weight is 216 g/mol. The van der Waals surface area contributed by atoms with E-state index in [1.54, 1.807) is 6.08 Å². The lowest BCUT2D eigenvalue weighted by atomic mass is 10.0. The van der Waals surface area contributed by atoms with Gasteiger partial charge in [-0.15, -0.1) is 11.3 Å². The van der Waals surface area contributed by atoms with E-state index in [1.807, 2.05) is 26.0 Å². The van der Waals surface area contributed by atoms with Crippen LogP contribution in [0.4, 0.5) is 0 Å². The van der Waals surface area contributed by atoms with Crippen molar-refractivity contribution < 1.29 is 4.79 Å². The molecule has 0 radical (unpaired) electrons. The summed E-state index contributed by atoms with van der Waals surface area (Å²) in [4.78, 5) is 15.0. The summed E-state index contributed by atoms with van der Waals surface area (Å²) in [6.07, 6.45) is 2.30. The van der Waals surface area contributed by atoms with Crippen LogP contribution in [0.3, 0.4) is 0 Å². The molecule has 1 aromatic rings. The van der Waals surface area contributed by atoms with E-state index in [9.17, 15) is 4.79 Å². The second-order valence-electron chi connectivity index (χ2n) is 3.40. The Balaban J connectivity index is 2.73. The van der Waals surface area contributed by atoms with E-state index in [4.69, 9.17) is 11.6 Å². The lowest BCUT2D eigenvalue weighted by Gasteiger charge is -2.15. The molecule has 0 bridgehead atoms. The minimum Gasteiger partial charge on any atom is -0.211 e. The molecule has 13 heavy (non-hydrogen) atoms. The topological polar surface area (TPSA) is 29.4 Å². The molecule has 0 aliphatic heterocycles. The molecule has 70 valence electrons. The third-order valence-electron chi connectivity index (χ3n) is 1.58. The van der Waals surface area contributed by atoms with E-state index in [0.717, 1.165) is 15.6 Å². The number of rotatable bonds is 3. The van der Waals surface area contributed by atoms with Crippen molar-refractivity contribution in [2.75, 3.05) is 0 Å². The maximum atomic E-state index is 10.1. The molecule has 4 heteroatoms. The van der Waals surface area contributed by atoms with Crippen molar-refractivity contribution >= 4 is 29.0 Å². The standard InChI is InChI=1S/C9H10ClNOS/c1-9(2,11-6-12)5-7-3-4-8(10)13-7/h3-4H,5H2,1-2H3. The Morgan fingerprint density at radius 1 is 1.62 bits per heavy atom. The van der Waals surface area contributed by atoms with E-state index in [1.165, 1.54) is 11.3 Å². The summed E-state index contributed by atoms with van der Waals surface area (Å²) in [5.41, 5.74) is -0.379. The van der Waals surface area contributed by atoms with Gasteiger partial charge in [0.15, 0.2) is 0 Å². The van der Waals surface area contributed by atoms with Gasteiger partial charge in [0, 0.05) is 11.3 Å². The zero-order chi connectivity index (χ0) is 9.90. The molecule has 0 unspecified atom stereocenters. The first kappa shape index (κ1) is 10.5. The Bertz CT molecular complexity index is 339. The highest BCUT2D eigenvalue weighted by Gasteiger charge is 2.17. The van der Waals surface area contributed by atoms with Gasteiger partial charge in [-0.25, -0.2) is 4.79 Å². The van der Waals surface area contributed by atoms with Gasteiger partial charge >= 0.3 is 0 Å². The second kappa shape index (κ2) is 4.05. The fraction of sp³-hybridized carbons (Fsp3) is 0.444. The Morgan fingerprint density at radius 2 is 2.31 bits per heavy atom. The van der Waals surface area contributed by atoms with Crippen LogP contribution in [0.2, 0.25) is 4.34 Å². The fourth-order valence-electron chi connectivity index (χ4n) is 1.04. The van der Waals surface area contributed by atoms with E-state index >= 15 is 0 Å². The largest absolute Gasteiger partial charge is 0.235 e. The number of aliphatic imine (C=N–C) groups is 1. The van der Waals surface area contributed by atoms with Crippen LogP contribution in [0.1, 0.15) is 18.7 Å². The van der Waals surface area contributed by atoms with Crippen molar-refractivity contribution in [3.8, 4) is 0 Å². The minimum atomic E-state index is -0.379. The Morgan fingerprint density at radius 3 is 2.77 bits per heavy atom. The minimum absolute atomic E-state index is 0.379. The average Bonchev–Trinajstić information content (AvgIpc) is 2.34. The zero-order valence-corrected chi connectivity index (χ0v) is 9.08. The summed E-state index contributed by atoms with van der Waals surface area (Å²) < 4.78 is 0.765. The number of hydrogen-bond acceptors (Lipinski definition) is 3. The summed E-state index contributed by atoms with van der Waals surface area (Å²) in [6.45, 7) is 3.79. The molecule has 0 fully saturated rings. The molecule has 0 atom stereocenters. The summed E-state index contributed by atoms with van der Waals surface area (Å²) in [7, 11) is 0. The summed E-state index contributed by atoms with van der Waals surface area (Å²) in [5.74, 6) is 0. The van der Waals surface area contributed by atoms with Gasteiger partial charge in [0.2, 0.25) is 6.08 Å². The summed E-state index contributed by atoms with van der Waals surface area (Å²) in [6, 6.07) is 3.80. The van der Waals surface area contributed by atoms with Crippen molar-refractivity contribution in [1.82, 2.24) is 0 Å².